The Hall–Kier alpha value is -3.15. The van der Waals surface area contributed by atoms with Crippen molar-refractivity contribution in [3.63, 3.8) is 0 Å². The molecular weight excluding hydrogens is 366 g/mol. The van der Waals surface area contributed by atoms with E-state index in [0.717, 1.165) is 35.4 Å². The molecule has 2 unspecified atom stereocenters. The number of fused-ring (bicyclic) bond motifs is 1. The predicted octanol–water partition coefficient (Wildman–Crippen LogP) is 5.20. The Kier molecular flexibility index (Phi) is 5.34. The van der Waals surface area contributed by atoms with Crippen LogP contribution < -0.4 is 9.64 Å². The van der Waals surface area contributed by atoms with Crippen LogP contribution in [0.4, 0.5) is 11.5 Å². The molecule has 0 radical (unpaired) electrons. The van der Waals surface area contributed by atoms with Gasteiger partial charge in [-0.25, -0.2) is 4.98 Å². The van der Waals surface area contributed by atoms with Crippen LogP contribution in [0.2, 0.25) is 0 Å². The highest BCUT2D eigenvalue weighted by molar-refractivity contribution is 5.86. The van der Waals surface area contributed by atoms with Crippen LogP contribution in [0.1, 0.15) is 25.8 Å². The molecule has 1 saturated heterocycles. The normalized spacial score (nSPS) is 19.3. The van der Waals surface area contributed by atoms with Crippen LogP contribution in [0.25, 0.3) is 10.9 Å². The number of piperidine rings is 1. The van der Waals surface area contributed by atoms with Gasteiger partial charge in [-0.2, -0.15) is 0 Å². The highest BCUT2D eigenvalue weighted by atomic mass is 16.6. The predicted molar refractivity (Wildman–Crippen MR) is 114 cm³/mol. The number of benzene rings is 2. The molecule has 0 saturated carbocycles. The minimum atomic E-state index is -0.393. The molecule has 0 N–H and O–H groups in total. The summed E-state index contributed by atoms with van der Waals surface area (Å²) in [5.41, 5.74) is 1.64. The van der Waals surface area contributed by atoms with E-state index in [-0.39, 0.29) is 12.3 Å². The second-order valence-electron chi connectivity index (χ2n) is 8.06. The smallest absolute Gasteiger partial charge is 0.269 e. The lowest BCUT2D eigenvalue weighted by molar-refractivity contribution is -0.384. The maximum Gasteiger partial charge on any atom is 0.269 e. The summed E-state index contributed by atoms with van der Waals surface area (Å²) in [5.74, 6) is 2.96. The van der Waals surface area contributed by atoms with Crippen molar-refractivity contribution < 1.29 is 9.66 Å². The Labute approximate surface area is 170 Å². The van der Waals surface area contributed by atoms with E-state index in [4.69, 9.17) is 9.72 Å². The van der Waals surface area contributed by atoms with Gasteiger partial charge < -0.3 is 9.64 Å². The number of hydrogen-bond acceptors (Lipinski definition) is 5. The fourth-order valence-electron chi connectivity index (χ4n) is 4.17. The Morgan fingerprint density at radius 3 is 2.62 bits per heavy atom. The van der Waals surface area contributed by atoms with Crippen LogP contribution in [0.5, 0.6) is 5.75 Å². The largest absolute Gasteiger partial charge is 0.487 e. The zero-order valence-corrected chi connectivity index (χ0v) is 16.7. The van der Waals surface area contributed by atoms with Gasteiger partial charge >= 0.3 is 0 Å². The monoisotopic (exact) mass is 391 g/mol. The Bertz CT molecular complexity index is 1030. The Balaban J connectivity index is 1.59. The number of rotatable bonds is 5. The fourth-order valence-corrected chi connectivity index (χ4v) is 4.17. The van der Waals surface area contributed by atoms with E-state index in [9.17, 15) is 10.1 Å². The molecule has 6 heteroatoms. The van der Waals surface area contributed by atoms with Crippen LogP contribution >= 0.6 is 0 Å². The van der Waals surface area contributed by atoms with Crippen LogP contribution in [-0.4, -0.2) is 23.0 Å². The van der Waals surface area contributed by atoms with Crippen LogP contribution in [-0.2, 0) is 6.61 Å². The lowest BCUT2D eigenvalue weighted by Gasteiger charge is -2.35. The van der Waals surface area contributed by atoms with Gasteiger partial charge in [-0.1, -0.05) is 38.1 Å². The molecule has 0 amide bonds. The van der Waals surface area contributed by atoms with Gasteiger partial charge in [-0.3, -0.25) is 10.1 Å². The summed E-state index contributed by atoms with van der Waals surface area (Å²) < 4.78 is 6.02. The van der Waals surface area contributed by atoms with E-state index >= 15 is 0 Å². The summed E-state index contributed by atoms with van der Waals surface area (Å²) in [6.07, 6.45) is 1.25. The number of hydrogen-bond donors (Lipinski definition) is 0. The van der Waals surface area contributed by atoms with Crippen molar-refractivity contribution >= 4 is 22.4 Å². The van der Waals surface area contributed by atoms with Gasteiger partial charge in [0, 0.05) is 30.6 Å². The van der Waals surface area contributed by atoms with E-state index in [1.165, 1.54) is 12.5 Å². The molecule has 1 aromatic heterocycles. The summed E-state index contributed by atoms with van der Waals surface area (Å²) in [4.78, 5) is 17.9. The number of ether oxygens (including phenoxy) is 1. The van der Waals surface area contributed by atoms with Crippen molar-refractivity contribution in [2.24, 2.45) is 11.8 Å². The number of nitro benzene ring substituents is 1. The first-order chi connectivity index (χ1) is 14.0. The average Bonchev–Trinajstić information content (AvgIpc) is 2.71. The van der Waals surface area contributed by atoms with Crippen LogP contribution in [0.3, 0.4) is 0 Å². The molecule has 1 aliphatic rings. The number of pyridine rings is 1. The average molecular weight is 391 g/mol. The summed E-state index contributed by atoms with van der Waals surface area (Å²) in [7, 11) is 0. The van der Waals surface area contributed by atoms with Gasteiger partial charge in [-0.15, -0.1) is 0 Å². The van der Waals surface area contributed by atoms with E-state index in [0.29, 0.717) is 17.6 Å². The molecule has 29 heavy (non-hydrogen) atoms. The molecule has 0 bridgehead atoms. The number of aromatic nitrogens is 1. The first-order valence-corrected chi connectivity index (χ1v) is 10.0. The minimum Gasteiger partial charge on any atom is -0.487 e. The van der Waals surface area contributed by atoms with Crippen molar-refractivity contribution in [1.29, 1.82) is 0 Å². The van der Waals surface area contributed by atoms with Crippen LogP contribution in [0.15, 0.2) is 54.6 Å². The molecule has 0 spiro atoms. The first kappa shape index (κ1) is 19.2. The highest BCUT2D eigenvalue weighted by Gasteiger charge is 2.23. The molecule has 2 atom stereocenters. The van der Waals surface area contributed by atoms with Gasteiger partial charge in [0.2, 0.25) is 0 Å². The van der Waals surface area contributed by atoms with Gasteiger partial charge in [-0.05, 0) is 42.0 Å². The van der Waals surface area contributed by atoms with Gasteiger partial charge in [0.05, 0.1) is 4.92 Å². The zero-order valence-electron chi connectivity index (χ0n) is 16.7. The molecule has 2 aromatic carbocycles. The molecular formula is C23H25N3O3. The van der Waals surface area contributed by atoms with Crippen molar-refractivity contribution in [3.8, 4) is 5.75 Å². The number of non-ortho nitro benzene ring substituents is 1. The summed E-state index contributed by atoms with van der Waals surface area (Å²) in [6, 6.07) is 16.6. The number of nitrogens with zero attached hydrogens (tertiary/aromatic N) is 3. The molecule has 1 aliphatic heterocycles. The quantitative estimate of drug-likeness (QED) is 0.441. The summed E-state index contributed by atoms with van der Waals surface area (Å²) >= 11 is 0. The van der Waals surface area contributed by atoms with Gasteiger partial charge in [0.1, 0.15) is 23.7 Å². The Morgan fingerprint density at radius 1 is 1.10 bits per heavy atom. The Morgan fingerprint density at radius 2 is 1.86 bits per heavy atom. The minimum absolute atomic E-state index is 0.0674. The zero-order chi connectivity index (χ0) is 20.4. The standard InChI is InChI=1S/C23H25N3O3/c1-16-11-17(2)14-25(13-16)22-10-9-19-6-4-8-21(23(19)24-22)29-15-18-5-3-7-20(12-18)26(27)28/h3-10,12,16-17H,11,13-15H2,1-2H3. The molecule has 6 nitrogen and oxygen atoms in total. The van der Waals surface area contributed by atoms with E-state index in [1.54, 1.807) is 12.1 Å². The third-order valence-electron chi connectivity index (χ3n) is 5.38. The van der Waals surface area contributed by atoms with Crippen molar-refractivity contribution in [2.45, 2.75) is 26.9 Å². The molecule has 2 heterocycles. The van der Waals surface area contributed by atoms with Crippen molar-refractivity contribution in [1.82, 2.24) is 4.98 Å². The number of para-hydroxylation sites is 1. The summed E-state index contributed by atoms with van der Waals surface area (Å²) in [5, 5.41) is 12.0. The van der Waals surface area contributed by atoms with E-state index in [2.05, 4.69) is 30.9 Å². The SMILES string of the molecule is CC1CC(C)CN(c2ccc3cccc(OCc4cccc([N+](=O)[O-])c4)c3n2)C1. The van der Waals surface area contributed by atoms with E-state index < -0.39 is 4.92 Å². The third-order valence-corrected chi connectivity index (χ3v) is 5.38. The topological polar surface area (TPSA) is 68.5 Å². The molecule has 3 aromatic rings. The van der Waals surface area contributed by atoms with Gasteiger partial charge in [0.25, 0.3) is 5.69 Å². The second-order valence-corrected chi connectivity index (χ2v) is 8.06. The number of anilines is 1. The lowest BCUT2D eigenvalue weighted by Crippen LogP contribution is -2.39. The van der Waals surface area contributed by atoms with Crippen molar-refractivity contribution in [3.05, 3.63) is 70.3 Å². The lowest BCUT2D eigenvalue weighted by atomic mass is 9.92. The fraction of sp³-hybridized carbons (Fsp3) is 0.348. The van der Waals surface area contributed by atoms with Crippen molar-refractivity contribution in [2.75, 3.05) is 18.0 Å². The summed E-state index contributed by atoms with van der Waals surface area (Å²) in [6.45, 7) is 6.86. The molecule has 150 valence electrons. The third kappa shape index (κ3) is 4.31. The van der Waals surface area contributed by atoms with Gasteiger partial charge in [0.15, 0.2) is 0 Å². The highest BCUT2D eigenvalue weighted by Crippen LogP contribution is 2.30. The maximum atomic E-state index is 11.0. The second kappa shape index (κ2) is 8.07. The number of nitro groups is 1. The molecule has 1 fully saturated rings. The van der Waals surface area contributed by atoms with Crippen LogP contribution in [0, 0.1) is 22.0 Å². The molecule has 0 aliphatic carbocycles. The maximum absolute atomic E-state index is 11.0. The first-order valence-electron chi connectivity index (χ1n) is 10.0. The molecule has 4 rings (SSSR count). The van der Waals surface area contributed by atoms with E-state index in [1.807, 2.05) is 24.3 Å².